The van der Waals surface area contributed by atoms with Gasteiger partial charge in [0.05, 0.1) is 0 Å². The van der Waals surface area contributed by atoms with Gasteiger partial charge in [-0.1, -0.05) is 6.92 Å². The molecule has 74 valence electrons. The number of aromatic amines is 1. The van der Waals surface area contributed by atoms with Gasteiger partial charge in [-0.05, 0) is 13.3 Å². The van der Waals surface area contributed by atoms with E-state index < -0.39 is 0 Å². The van der Waals surface area contributed by atoms with Gasteiger partial charge in [-0.2, -0.15) is 0 Å². The molecule has 13 heavy (non-hydrogen) atoms. The third-order valence-electron chi connectivity index (χ3n) is 2.47. The second kappa shape index (κ2) is 3.89. The molecule has 0 fully saturated rings. The molecule has 4 heteroatoms. The monoisotopic (exact) mass is 183 g/mol. The van der Waals surface area contributed by atoms with E-state index in [4.69, 9.17) is 10.5 Å². The lowest BCUT2D eigenvalue weighted by molar-refractivity contribution is -0.00836. The molecule has 0 amide bonds. The molecule has 0 saturated carbocycles. The van der Waals surface area contributed by atoms with Gasteiger partial charge in [0.25, 0.3) is 0 Å². The SMILES string of the molecule is CCC(C)(OC)c1ncc(CN)[nH]1. The minimum absolute atomic E-state index is 0.326. The number of aromatic nitrogens is 2. The van der Waals surface area contributed by atoms with Crippen LogP contribution in [0.4, 0.5) is 0 Å². The topological polar surface area (TPSA) is 63.9 Å². The van der Waals surface area contributed by atoms with Crippen molar-refractivity contribution in [1.29, 1.82) is 0 Å². The molecule has 0 radical (unpaired) electrons. The van der Waals surface area contributed by atoms with Crippen molar-refractivity contribution >= 4 is 0 Å². The quantitative estimate of drug-likeness (QED) is 0.735. The van der Waals surface area contributed by atoms with E-state index in [1.807, 2.05) is 6.92 Å². The van der Waals surface area contributed by atoms with Gasteiger partial charge in [-0.15, -0.1) is 0 Å². The summed E-state index contributed by atoms with van der Waals surface area (Å²) in [5.74, 6) is 0.845. The van der Waals surface area contributed by atoms with Gasteiger partial charge in [0.2, 0.25) is 0 Å². The molecule has 1 atom stereocenters. The highest BCUT2D eigenvalue weighted by Gasteiger charge is 2.26. The molecule has 0 aliphatic rings. The van der Waals surface area contributed by atoms with Gasteiger partial charge in [0.15, 0.2) is 0 Å². The van der Waals surface area contributed by atoms with Crippen molar-refractivity contribution in [3.05, 3.63) is 17.7 Å². The van der Waals surface area contributed by atoms with Gasteiger partial charge in [0.1, 0.15) is 11.4 Å². The first-order chi connectivity index (χ1) is 6.16. The van der Waals surface area contributed by atoms with Crippen molar-refractivity contribution in [2.75, 3.05) is 7.11 Å². The maximum Gasteiger partial charge on any atom is 0.138 e. The number of methoxy groups -OCH3 is 1. The van der Waals surface area contributed by atoms with Crippen LogP contribution < -0.4 is 5.73 Å². The molecule has 1 rings (SSSR count). The molecule has 0 bridgehead atoms. The zero-order valence-electron chi connectivity index (χ0n) is 8.42. The first kappa shape index (κ1) is 10.2. The summed E-state index contributed by atoms with van der Waals surface area (Å²) in [6.07, 6.45) is 2.63. The Bertz CT molecular complexity index is 266. The summed E-state index contributed by atoms with van der Waals surface area (Å²) in [4.78, 5) is 7.38. The number of nitrogens with zero attached hydrogens (tertiary/aromatic N) is 1. The summed E-state index contributed by atoms with van der Waals surface area (Å²) in [7, 11) is 1.69. The van der Waals surface area contributed by atoms with Crippen molar-refractivity contribution in [2.45, 2.75) is 32.4 Å². The molecule has 1 aromatic rings. The summed E-state index contributed by atoms with van der Waals surface area (Å²) in [5, 5.41) is 0. The van der Waals surface area contributed by atoms with Crippen LogP contribution in [-0.2, 0) is 16.9 Å². The summed E-state index contributed by atoms with van der Waals surface area (Å²) in [6, 6.07) is 0. The number of hydrogen-bond donors (Lipinski definition) is 2. The van der Waals surface area contributed by atoms with E-state index in [-0.39, 0.29) is 5.60 Å². The largest absolute Gasteiger partial charge is 0.371 e. The molecule has 1 heterocycles. The van der Waals surface area contributed by atoms with E-state index in [2.05, 4.69) is 16.9 Å². The molecule has 4 nitrogen and oxygen atoms in total. The normalized spacial score (nSPS) is 15.7. The fourth-order valence-electron chi connectivity index (χ4n) is 1.14. The molecule has 0 saturated heterocycles. The van der Waals surface area contributed by atoms with Crippen molar-refractivity contribution in [1.82, 2.24) is 9.97 Å². The highest BCUT2D eigenvalue weighted by molar-refractivity contribution is 5.07. The standard InChI is InChI=1S/C9H17N3O/c1-4-9(2,13-3)8-11-6-7(5-10)12-8/h6H,4-5,10H2,1-3H3,(H,11,12). The molecule has 0 aliphatic heterocycles. The Morgan fingerprint density at radius 1 is 1.69 bits per heavy atom. The van der Waals surface area contributed by atoms with Gasteiger partial charge in [0, 0.05) is 25.5 Å². The Balaban J connectivity index is 2.91. The zero-order chi connectivity index (χ0) is 9.90. The van der Waals surface area contributed by atoms with Crippen molar-refractivity contribution in [3.8, 4) is 0 Å². The van der Waals surface area contributed by atoms with Crippen LogP contribution in [0.25, 0.3) is 0 Å². The second-order valence-electron chi connectivity index (χ2n) is 3.25. The lowest BCUT2D eigenvalue weighted by atomic mass is 10.0. The van der Waals surface area contributed by atoms with E-state index in [1.54, 1.807) is 13.3 Å². The molecular weight excluding hydrogens is 166 g/mol. The Kier molecular flexibility index (Phi) is 3.06. The van der Waals surface area contributed by atoms with Crippen LogP contribution in [0.3, 0.4) is 0 Å². The number of imidazole rings is 1. The minimum Gasteiger partial charge on any atom is -0.371 e. The molecular formula is C9H17N3O. The van der Waals surface area contributed by atoms with Gasteiger partial charge < -0.3 is 15.5 Å². The number of H-pyrrole nitrogens is 1. The third kappa shape index (κ3) is 1.89. The number of nitrogens with one attached hydrogen (secondary N) is 1. The fourth-order valence-corrected chi connectivity index (χ4v) is 1.14. The summed E-state index contributed by atoms with van der Waals surface area (Å²) in [5.41, 5.74) is 6.09. The maximum absolute atomic E-state index is 5.48. The van der Waals surface area contributed by atoms with Crippen LogP contribution in [0.1, 0.15) is 31.8 Å². The first-order valence-corrected chi connectivity index (χ1v) is 4.46. The highest BCUT2D eigenvalue weighted by Crippen LogP contribution is 2.25. The summed E-state index contributed by atoms with van der Waals surface area (Å²) in [6.45, 7) is 4.55. The molecule has 1 aromatic heterocycles. The van der Waals surface area contributed by atoms with Crippen LogP contribution in [0.15, 0.2) is 6.20 Å². The van der Waals surface area contributed by atoms with E-state index in [1.165, 1.54) is 0 Å². The predicted octanol–water partition coefficient (Wildman–Crippen LogP) is 1.14. The van der Waals surface area contributed by atoms with Crippen LogP contribution in [0, 0.1) is 0 Å². The molecule has 1 unspecified atom stereocenters. The number of hydrogen-bond acceptors (Lipinski definition) is 3. The van der Waals surface area contributed by atoms with E-state index in [9.17, 15) is 0 Å². The van der Waals surface area contributed by atoms with Crippen LogP contribution in [0.2, 0.25) is 0 Å². The molecule has 3 N–H and O–H groups in total. The zero-order valence-corrected chi connectivity index (χ0v) is 8.42. The van der Waals surface area contributed by atoms with Crippen LogP contribution in [-0.4, -0.2) is 17.1 Å². The molecule has 0 aliphatic carbocycles. The second-order valence-corrected chi connectivity index (χ2v) is 3.25. The Morgan fingerprint density at radius 2 is 2.38 bits per heavy atom. The Hall–Kier alpha value is -0.870. The fraction of sp³-hybridized carbons (Fsp3) is 0.667. The van der Waals surface area contributed by atoms with Gasteiger partial charge >= 0.3 is 0 Å². The van der Waals surface area contributed by atoms with Crippen molar-refractivity contribution < 1.29 is 4.74 Å². The maximum atomic E-state index is 5.48. The Morgan fingerprint density at radius 3 is 2.77 bits per heavy atom. The number of ether oxygens (including phenoxy) is 1. The first-order valence-electron chi connectivity index (χ1n) is 4.46. The smallest absolute Gasteiger partial charge is 0.138 e. The minimum atomic E-state index is -0.326. The van der Waals surface area contributed by atoms with Crippen LogP contribution >= 0.6 is 0 Å². The van der Waals surface area contributed by atoms with Crippen molar-refractivity contribution in [3.63, 3.8) is 0 Å². The summed E-state index contributed by atoms with van der Waals surface area (Å²) >= 11 is 0. The van der Waals surface area contributed by atoms with Crippen LogP contribution in [0.5, 0.6) is 0 Å². The highest BCUT2D eigenvalue weighted by atomic mass is 16.5. The van der Waals surface area contributed by atoms with E-state index in [0.717, 1.165) is 17.9 Å². The number of nitrogens with two attached hydrogens (primary N) is 1. The van der Waals surface area contributed by atoms with E-state index >= 15 is 0 Å². The summed E-state index contributed by atoms with van der Waals surface area (Å²) < 4.78 is 5.40. The Labute approximate surface area is 78.5 Å². The predicted molar refractivity (Wildman–Crippen MR) is 51.1 cm³/mol. The lowest BCUT2D eigenvalue weighted by Crippen LogP contribution is -2.24. The lowest BCUT2D eigenvalue weighted by Gasteiger charge is -2.23. The third-order valence-corrected chi connectivity index (χ3v) is 2.47. The van der Waals surface area contributed by atoms with E-state index in [0.29, 0.717) is 6.54 Å². The average Bonchev–Trinajstić information content (AvgIpc) is 2.65. The molecule has 0 spiro atoms. The van der Waals surface area contributed by atoms with Gasteiger partial charge in [-0.3, -0.25) is 0 Å². The molecule has 0 aromatic carbocycles. The number of rotatable bonds is 4. The van der Waals surface area contributed by atoms with Crippen molar-refractivity contribution in [2.24, 2.45) is 5.73 Å². The van der Waals surface area contributed by atoms with Gasteiger partial charge in [-0.25, -0.2) is 4.98 Å². The average molecular weight is 183 g/mol.